The molecule has 2 fully saturated rings. The van der Waals surface area contributed by atoms with Crippen molar-refractivity contribution in [3.8, 4) is 0 Å². The Morgan fingerprint density at radius 1 is 0.950 bits per heavy atom. The van der Waals surface area contributed by atoms with Crippen molar-refractivity contribution in [3.63, 3.8) is 0 Å². The Labute approximate surface area is 123 Å². The Morgan fingerprint density at radius 3 is 2.35 bits per heavy atom. The van der Waals surface area contributed by atoms with E-state index in [0.717, 1.165) is 18.5 Å². The molecule has 1 saturated heterocycles. The van der Waals surface area contributed by atoms with Gasteiger partial charge in [-0.15, -0.1) is 0 Å². The molecule has 0 amide bonds. The van der Waals surface area contributed by atoms with Gasteiger partial charge in [0.15, 0.2) is 0 Å². The zero-order chi connectivity index (χ0) is 13.8. The SMILES string of the molecule is C[C@H]1CCCC[C@@H]1N1CCN(Cc2ccccc2)CC1. The third-order valence-electron chi connectivity index (χ3n) is 5.19. The summed E-state index contributed by atoms with van der Waals surface area (Å²) in [6.45, 7) is 8.58. The number of nitrogens with zero attached hydrogens (tertiary/aromatic N) is 2. The Balaban J connectivity index is 1.49. The summed E-state index contributed by atoms with van der Waals surface area (Å²) in [5.41, 5.74) is 1.45. The number of piperazine rings is 1. The van der Waals surface area contributed by atoms with E-state index >= 15 is 0 Å². The summed E-state index contributed by atoms with van der Waals surface area (Å²) in [7, 11) is 0. The van der Waals surface area contributed by atoms with Gasteiger partial charge < -0.3 is 0 Å². The number of rotatable bonds is 3. The normalized spacial score (nSPS) is 29.4. The molecular weight excluding hydrogens is 244 g/mol. The fourth-order valence-corrected chi connectivity index (χ4v) is 3.93. The van der Waals surface area contributed by atoms with Crippen LogP contribution in [0, 0.1) is 5.92 Å². The molecule has 0 unspecified atom stereocenters. The Bertz CT molecular complexity index is 395. The molecule has 2 atom stereocenters. The molecule has 0 spiro atoms. The molecule has 110 valence electrons. The highest BCUT2D eigenvalue weighted by molar-refractivity contribution is 5.14. The Morgan fingerprint density at radius 2 is 1.65 bits per heavy atom. The molecule has 1 saturated carbocycles. The van der Waals surface area contributed by atoms with Gasteiger partial charge in [-0.25, -0.2) is 0 Å². The second-order valence-electron chi connectivity index (χ2n) is 6.63. The van der Waals surface area contributed by atoms with E-state index < -0.39 is 0 Å². The first kappa shape index (κ1) is 14.1. The monoisotopic (exact) mass is 272 g/mol. The summed E-state index contributed by atoms with van der Waals surface area (Å²) >= 11 is 0. The zero-order valence-corrected chi connectivity index (χ0v) is 12.8. The first-order valence-electron chi connectivity index (χ1n) is 8.33. The standard InChI is InChI=1S/C18H28N2/c1-16-7-5-6-10-18(16)20-13-11-19(12-14-20)15-17-8-3-2-4-9-17/h2-4,8-9,16,18H,5-7,10-15H2,1H3/t16-,18-/m0/s1. The van der Waals surface area contributed by atoms with E-state index in [1.165, 1.54) is 57.4 Å². The Hall–Kier alpha value is -0.860. The van der Waals surface area contributed by atoms with Crippen molar-refractivity contribution in [2.75, 3.05) is 26.2 Å². The maximum Gasteiger partial charge on any atom is 0.0234 e. The minimum Gasteiger partial charge on any atom is -0.298 e. The van der Waals surface area contributed by atoms with Gasteiger partial charge in [-0.05, 0) is 24.3 Å². The minimum absolute atomic E-state index is 0.864. The van der Waals surface area contributed by atoms with Crippen LogP contribution in [0.5, 0.6) is 0 Å². The number of hydrogen-bond donors (Lipinski definition) is 0. The summed E-state index contributed by atoms with van der Waals surface area (Å²) in [6, 6.07) is 11.8. The smallest absolute Gasteiger partial charge is 0.0234 e. The summed E-state index contributed by atoms with van der Waals surface area (Å²) in [6.07, 6.45) is 5.76. The molecule has 1 aromatic carbocycles. The quantitative estimate of drug-likeness (QED) is 0.832. The van der Waals surface area contributed by atoms with Gasteiger partial charge >= 0.3 is 0 Å². The highest BCUT2D eigenvalue weighted by Crippen LogP contribution is 2.28. The zero-order valence-electron chi connectivity index (χ0n) is 12.8. The van der Waals surface area contributed by atoms with Crippen molar-refractivity contribution in [1.29, 1.82) is 0 Å². The average molecular weight is 272 g/mol. The van der Waals surface area contributed by atoms with E-state index in [2.05, 4.69) is 47.1 Å². The van der Waals surface area contributed by atoms with Crippen LogP contribution < -0.4 is 0 Å². The van der Waals surface area contributed by atoms with Crippen molar-refractivity contribution < 1.29 is 0 Å². The molecule has 0 radical (unpaired) electrons. The molecule has 1 aromatic rings. The molecule has 2 nitrogen and oxygen atoms in total. The van der Waals surface area contributed by atoms with Crippen LogP contribution in [-0.4, -0.2) is 42.0 Å². The predicted molar refractivity (Wildman–Crippen MR) is 84.7 cm³/mol. The molecule has 0 aromatic heterocycles. The molecule has 0 N–H and O–H groups in total. The summed E-state index contributed by atoms with van der Waals surface area (Å²) < 4.78 is 0. The second-order valence-corrected chi connectivity index (χ2v) is 6.63. The molecule has 1 aliphatic carbocycles. The van der Waals surface area contributed by atoms with Gasteiger partial charge in [0.1, 0.15) is 0 Å². The highest BCUT2D eigenvalue weighted by atomic mass is 15.3. The second kappa shape index (κ2) is 6.73. The summed E-state index contributed by atoms with van der Waals surface area (Å²) in [5.74, 6) is 0.907. The lowest BCUT2D eigenvalue weighted by Gasteiger charge is -2.43. The predicted octanol–water partition coefficient (Wildman–Crippen LogP) is 3.38. The molecule has 2 aliphatic rings. The maximum atomic E-state index is 2.77. The molecular formula is C18H28N2. The maximum absolute atomic E-state index is 2.77. The van der Waals surface area contributed by atoms with Gasteiger partial charge in [-0.2, -0.15) is 0 Å². The van der Waals surface area contributed by atoms with Gasteiger partial charge in [0, 0.05) is 38.8 Å². The average Bonchev–Trinajstić information content (AvgIpc) is 2.50. The fourth-order valence-electron chi connectivity index (χ4n) is 3.93. The minimum atomic E-state index is 0.864. The van der Waals surface area contributed by atoms with Crippen LogP contribution in [-0.2, 0) is 6.54 Å². The van der Waals surface area contributed by atoms with Crippen molar-refractivity contribution in [2.45, 2.75) is 45.2 Å². The molecule has 1 heterocycles. The van der Waals surface area contributed by atoms with Crippen LogP contribution in [0.2, 0.25) is 0 Å². The van der Waals surface area contributed by atoms with Crippen LogP contribution in [0.3, 0.4) is 0 Å². The molecule has 2 heteroatoms. The highest BCUT2D eigenvalue weighted by Gasteiger charge is 2.29. The number of benzene rings is 1. The topological polar surface area (TPSA) is 6.48 Å². The lowest BCUT2D eigenvalue weighted by Crippen LogP contribution is -2.52. The summed E-state index contributed by atoms with van der Waals surface area (Å²) in [5, 5.41) is 0. The van der Waals surface area contributed by atoms with Gasteiger partial charge in [-0.3, -0.25) is 9.80 Å². The first-order chi connectivity index (χ1) is 9.83. The van der Waals surface area contributed by atoms with Gasteiger partial charge in [0.2, 0.25) is 0 Å². The molecule has 3 rings (SSSR count). The largest absolute Gasteiger partial charge is 0.298 e. The van der Waals surface area contributed by atoms with Gasteiger partial charge in [0.25, 0.3) is 0 Å². The van der Waals surface area contributed by atoms with E-state index in [4.69, 9.17) is 0 Å². The van der Waals surface area contributed by atoms with E-state index in [9.17, 15) is 0 Å². The van der Waals surface area contributed by atoms with Crippen LogP contribution >= 0.6 is 0 Å². The third-order valence-corrected chi connectivity index (χ3v) is 5.19. The van der Waals surface area contributed by atoms with Crippen LogP contribution in [0.1, 0.15) is 38.2 Å². The number of hydrogen-bond acceptors (Lipinski definition) is 2. The van der Waals surface area contributed by atoms with Crippen LogP contribution in [0.4, 0.5) is 0 Å². The third kappa shape index (κ3) is 3.42. The van der Waals surface area contributed by atoms with Crippen LogP contribution in [0.25, 0.3) is 0 Å². The van der Waals surface area contributed by atoms with Crippen molar-refractivity contribution >= 4 is 0 Å². The van der Waals surface area contributed by atoms with Gasteiger partial charge in [0.05, 0.1) is 0 Å². The van der Waals surface area contributed by atoms with Crippen LogP contribution in [0.15, 0.2) is 30.3 Å². The van der Waals surface area contributed by atoms with E-state index in [1.54, 1.807) is 0 Å². The molecule has 1 aliphatic heterocycles. The van der Waals surface area contributed by atoms with Crippen molar-refractivity contribution in [1.82, 2.24) is 9.80 Å². The summed E-state index contributed by atoms with van der Waals surface area (Å²) in [4.78, 5) is 5.38. The van der Waals surface area contributed by atoms with E-state index in [1.807, 2.05) is 0 Å². The van der Waals surface area contributed by atoms with E-state index in [-0.39, 0.29) is 0 Å². The molecule has 20 heavy (non-hydrogen) atoms. The van der Waals surface area contributed by atoms with Crippen molar-refractivity contribution in [3.05, 3.63) is 35.9 Å². The van der Waals surface area contributed by atoms with E-state index in [0.29, 0.717) is 0 Å². The van der Waals surface area contributed by atoms with Gasteiger partial charge in [-0.1, -0.05) is 50.1 Å². The lowest BCUT2D eigenvalue weighted by atomic mass is 9.84. The van der Waals surface area contributed by atoms with Crippen molar-refractivity contribution in [2.24, 2.45) is 5.92 Å². The molecule has 0 bridgehead atoms. The first-order valence-corrected chi connectivity index (χ1v) is 8.33. The Kier molecular flexibility index (Phi) is 4.74. The lowest BCUT2D eigenvalue weighted by molar-refractivity contribution is 0.0518. The fraction of sp³-hybridized carbons (Fsp3) is 0.667.